The van der Waals surface area contributed by atoms with Crippen LogP contribution in [0.3, 0.4) is 0 Å². The van der Waals surface area contributed by atoms with E-state index in [-0.39, 0.29) is 6.61 Å². The van der Waals surface area contributed by atoms with Gasteiger partial charge in [0.25, 0.3) is 0 Å². The van der Waals surface area contributed by atoms with Crippen LogP contribution in [0.15, 0.2) is 18.2 Å². The summed E-state index contributed by atoms with van der Waals surface area (Å²) < 4.78 is 4.56. The van der Waals surface area contributed by atoms with Crippen molar-refractivity contribution in [3.8, 4) is 11.8 Å². The number of methoxy groups -OCH3 is 1. The molecule has 78 valence electrons. The van der Waals surface area contributed by atoms with E-state index in [1.54, 1.807) is 12.1 Å². The molecule has 0 heterocycles. The number of carbonyl (C=O) groups excluding carboxylic acids is 1. The van der Waals surface area contributed by atoms with E-state index in [1.807, 2.05) is 0 Å². The first kappa shape index (κ1) is 11.1. The molecule has 0 aliphatic heterocycles. The average molecular weight is 205 g/mol. The topological polar surface area (TPSA) is 72.5 Å². The minimum atomic E-state index is -0.443. The molecule has 0 amide bonds. The summed E-state index contributed by atoms with van der Waals surface area (Å²) in [5.41, 5.74) is 6.99. The zero-order chi connectivity index (χ0) is 11.3. The van der Waals surface area contributed by atoms with Gasteiger partial charge in [0.05, 0.1) is 12.7 Å². The summed E-state index contributed by atoms with van der Waals surface area (Å²) in [5.74, 6) is 4.67. The molecule has 0 aliphatic carbocycles. The van der Waals surface area contributed by atoms with Crippen LogP contribution < -0.4 is 5.73 Å². The third-order valence-corrected chi connectivity index (χ3v) is 1.78. The van der Waals surface area contributed by atoms with E-state index in [9.17, 15) is 4.79 Å². The monoisotopic (exact) mass is 205 g/mol. The first-order valence-corrected chi connectivity index (χ1v) is 4.26. The summed E-state index contributed by atoms with van der Waals surface area (Å²) in [7, 11) is 1.30. The largest absolute Gasteiger partial charge is 0.465 e. The van der Waals surface area contributed by atoms with Crippen molar-refractivity contribution in [3.05, 3.63) is 29.3 Å². The van der Waals surface area contributed by atoms with Crippen molar-refractivity contribution in [3.63, 3.8) is 0 Å². The standard InChI is InChI=1S/C11H11NO3/c1-15-11(14)9-4-5-10(12)8(7-9)3-2-6-13/h4-5,7,13H,6,12H2,1H3. The zero-order valence-corrected chi connectivity index (χ0v) is 8.28. The number of hydrogen-bond acceptors (Lipinski definition) is 4. The van der Waals surface area contributed by atoms with E-state index in [0.29, 0.717) is 16.8 Å². The van der Waals surface area contributed by atoms with E-state index in [1.165, 1.54) is 13.2 Å². The Morgan fingerprint density at radius 2 is 2.33 bits per heavy atom. The predicted molar refractivity (Wildman–Crippen MR) is 56.2 cm³/mol. The number of benzene rings is 1. The molecule has 0 radical (unpaired) electrons. The second-order valence-corrected chi connectivity index (χ2v) is 2.75. The van der Waals surface area contributed by atoms with E-state index < -0.39 is 5.97 Å². The molecular weight excluding hydrogens is 194 g/mol. The molecule has 4 nitrogen and oxygen atoms in total. The van der Waals surface area contributed by atoms with Gasteiger partial charge in [-0.05, 0) is 18.2 Å². The van der Waals surface area contributed by atoms with Gasteiger partial charge < -0.3 is 15.6 Å². The van der Waals surface area contributed by atoms with Crippen molar-refractivity contribution in [2.45, 2.75) is 0 Å². The van der Waals surface area contributed by atoms with Gasteiger partial charge in [-0.25, -0.2) is 4.79 Å². The average Bonchev–Trinajstić information content (AvgIpc) is 2.27. The fourth-order valence-electron chi connectivity index (χ4n) is 1.04. The maximum atomic E-state index is 11.2. The van der Waals surface area contributed by atoms with Gasteiger partial charge in [-0.1, -0.05) is 11.8 Å². The first-order chi connectivity index (χ1) is 7.19. The van der Waals surface area contributed by atoms with Crippen molar-refractivity contribution in [1.82, 2.24) is 0 Å². The van der Waals surface area contributed by atoms with Gasteiger partial charge in [-0.15, -0.1) is 0 Å². The highest BCUT2D eigenvalue weighted by molar-refractivity contribution is 5.90. The van der Waals surface area contributed by atoms with Crippen LogP contribution in [0.1, 0.15) is 15.9 Å². The van der Waals surface area contributed by atoms with Crippen LogP contribution in [0.25, 0.3) is 0 Å². The lowest BCUT2D eigenvalue weighted by atomic mass is 10.1. The van der Waals surface area contributed by atoms with Gasteiger partial charge in [0.15, 0.2) is 0 Å². The Kier molecular flexibility index (Phi) is 3.72. The Hall–Kier alpha value is -1.99. The summed E-state index contributed by atoms with van der Waals surface area (Å²) in [4.78, 5) is 11.2. The number of hydrogen-bond donors (Lipinski definition) is 2. The lowest BCUT2D eigenvalue weighted by Gasteiger charge is -2.02. The van der Waals surface area contributed by atoms with Crippen molar-refractivity contribution >= 4 is 11.7 Å². The van der Waals surface area contributed by atoms with E-state index >= 15 is 0 Å². The van der Waals surface area contributed by atoms with Gasteiger partial charge in [0.1, 0.15) is 6.61 Å². The zero-order valence-electron chi connectivity index (χ0n) is 8.28. The molecule has 1 rings (SSSR count). The molecular formula is C11H11NO3. The Labute approximate surface area is 87.7 Å². The van der Waals surface area contributed by atoms with Crippen LogP contribution in [-0.4, -0.2) is 24.8 Å². The fraction of sp³-hybridized carbons (Fsp3) is 0.182. The summed E-state index contributed by atoms with van der Waals surface area (Å²) in [5, 5.41) is 8.54. The van der Waals surface area contributed by atoms with Crippen LogP contribution in [0, 0.1) is 11.8 Å². The molecule has 0 unspecified atom stereocenters. The quantitative estimate of drug-likeness (QED) is 0.395. The number of rotatable bonds is 1. The smallest absolute Gasteiger partial charge is 0.337 e. The van der Waals surface area contributed by atoms with E-state index in [0.717, 1.165) is 0 Å². The summed E-state index contributed by atoms with van der Waals surface area (Å²) in [6, 6.07) is 4.67. The minimum absolute atomic E-state index is 0.248. The van der Waals surface area contributed by atoms with Crippen molar-refractivity contribution < 1.29 is 14.6 Å². The fourth-order valence-corrected chi connectivity index (χ4v) is 1.04. The third-order valence-electron chi connectivity index (χ3n) is 1.78. The van der Waals surface area contributed by atoms with Gasteiger partial charge in [0, 0.05) is 11.3 Å². The summed E-state index contributed by atoms with van der Waals surface area (Å²) >= 11 is 0. The molecule has 1 aromatic rings. The predicted octanol–water partition coefficient (Wildman–Crippen LogP) is 0.399. The first-order valence-electron chi connectivity index (χ1n) is 4.26. The highest BCUT2D eigenvalue weighted by Gasteiger charge is 2.06. The number of anilines is 1. The van der Waals surface area contributed by atoms with Crippen LogP contribution in [0.4, 0.5) is 5.69 Å². The van der Waals surface area contributed by atoms with Crippen molar-refractivity contribution in [2.24, 2.45) is 0 Å². The molecule has 15 heavy (non-hydrogen) atoms. The molecule has 0 aromatic heterocycles. The highest BCUT2D eigenvalue weighted by Crippen LogP contribution is 2.13. The Morgan fingerprint density at radius 3 is 2.93 bits per heavy atom. The molecule has 0 spiro atoms. The van der Waals surface area contributed by atoms with Crippen LogP contribution >= 0.6 is 0 Å². The minimum Gasteiger partial charge on any atom is -0.465 e. The maximum absolute atomic E-state index is 11.2. The molecule has 0 bridgehead atoms. The number of ether oxygens (including phenoxy) is 1. The van der Waals surface area contributed by atoms with Gasteiger partial charge >= 0.3 is 5.97 Å². The summed E-state index contributed by atoms with van der Waals surface area (Å²) in [6.07, 6.45) is 0. The molecule has 0 aliphatic rings. The van der Waals surface area contributed by atoms with Crippen molar-refractivity contribution in [1.29, 1.82) is 0 Å². The van der Waals surface area contributed by atoms with E-state index in [2.05, 4.69) is 16.6 Å². The number of nitrogens with two attached hydrogens (primary N) is 1. The molecule has 1 aromatic carbocycles. The number of nitrogen functional groups attached to an aromatic ring is 1. The molecule has 3 N–H and O–H groups in total. The molecule has 0 fully saturated rings. The normalized spacial score (nSPS) is 8.93. The second-order valence-electron chi connectivity index (χ2n) is 2.75. The molecule has 0 saturated heterocycles. The summed E-state index contributed by atoms with van der Waals surface area (Å²) in [6.45, 7) is -0.248. The van der Waals surface area contributed by atoms with Crippen LogP contribution in [0.5, 0.6) is 0 Å². The number of esters is 1. The number of carbonyl (C=O) groups is 1. The molecule has 4 heteroatoms. The Balaban J connectivity index is 3.10. The second kappa shape index (κ2) is 5.03. The van der Waals surface area contributed by atoms with Gasteiger partial charge in [-0.2, -0.15) is 0 Å². The highest BCUT2D eigenvalue weighted by atomic mass is 16.5. The molecule has 0 atom stereocenters. The SMILES string of the molecule is COC(=O)c1ccc(N)c(C#CCO)c1. The molecule has 0 saturated carbocycles. The van der Waals surface area contributed by atoms with Crippen molar-refractivity contribution in [2.75, 3.05) is 19.5 Å². The number of aliphatic hydroxyl groups is 1. The number of aliphatic hydroxyl groups excluding tert-OH is 1. The van der Waals surface area contributed by atoms with Gasteiger partial charge in [-0.3, -0.25) is 0 Å². The van der Waals surface area contributed by atoms with Crippen LogP contribution in [-0.2, 0) is 4.74 Å². The lowest BCUT2D eigenvalue weighted by molar-refractivity contribution is 0.0600. The van der Waals surface area contributed by atoms with E-state index in [4.69, 9.17) is 10.8 Å². The third kappa shape index (κ3) is 2.73. The van der Waals surface area contributed by atoms with Crippen LogP contribution in [0.2, 0.25) is 0 Å². The Morgan fingerprint density at radius 1 is 1.60 bits per heavy atom. The maximum Gasteiger partial charge on any atom is 0.337 e. The van der Waals surface area contributed by atoms with Gasteiger partial charge in [0.2, 0.25) is 0 Å². The Bertz CT molecular complexity index is 429. The lowest BCUT2D eigenvalue weighted by Crippen LogP contribution is -2.02.